The lowest BCUT2D eigenvalue weighted by Gasteiger charge is -2.36. The van der Waals surface area contributed by atoms with Crippen molar-refractivity contribution in [1.29, 1.82) is 0 Å². The third-order valence-electron chi connectivity index (χ3n) is 6.85. The third kappa shape index (κ3) is 9.09. The van der Waals surface area contributed by atoms with Crippen LogP contribution in [0.1, 0.15) is 6.92 Å². The van der Waals surface area contributed by atoms with Crippen LogP contribution in [0.25, 0.3) is 0 Å². The van der Waals surface area contributed by atoms with Crippen LogP contribution >= 0.6 is 11.6 Å². The van der Waals surface area contributed by atoms with E-state index in [1.165, 1.54) is 0 Å². The van der Waals surface area contributed by atoms with Gasteiger partial charge in [-0.15, -0.1) is 11.6 Å². The van der Waals surface area contributed by atoms with Crippen LogP contribution in [-0.2, 0) is 0 Å². The number of anilines is 2. The van der Waals surface area contributed by atoms with E-state index in [1.54, 1.807) is 24.3 Å². The minimum absolute atomic E-state index is 0.138. The van der Waals surface area contributed by atoms with Crippen molar-refractivity contribution in [2.75, 3.05) is 94.2 Å². The Kier molecular flexibility index (Phi) is 12.0. The molecule has 0 saturated carbocycles. The third-order valence-corrected chi connectivity index (χ3v) is 7.02. The first kappa shape index (κ1) is 29.6. The Morgan fingerprint density at radius 2 is 1.11 bits per heavy atom. The number of hydrogen-bond acceptors (Lipinski definition) is 9. The number of likely N-dealkylation sites (N-methyl/N-ethyl adjacent to an activating group) is 1. The van der Waals surface area contributed by atoms with Crippen molar-refractivity contribution >= 4 is 34.4 Å². The number of piperazine rings is 2. The smallest absolute Gasteiger partial charge is 0.269 e. The van der Waals surface area contributed by atoms with Gasteiger partial charge < -0.3 is 15.1 Å². The van der Waals surface area contributed by atoms with Gasteiger partial charge in [0.25, 0.3) is 11.4 Å². The first-order chi connectivity index (χ1) is 18.4. The number of halogens is 1. The molecule has 2 fully saturated rings. The normalized spacial score (nSPS) is 16.6. The maximum atomic E-state index is 10.6. The van der Waals surface area contributed by atoms with Gasteiger partial charge in [-0.25, -0.2) is 0 Å². The Balaban J connectivity index is 0.000000212. The molecule has 38 heavy (non-hydrogen) atoms. The number of nitrogens with zero attached hydrogens (tertiary/aromatic N) is 6. The van der Waals surface area contributed by atoms with Crippen molar-refractivity contribution in [3.05, 3.63) is 68.8 Å². The van der Waals surface area contributed by atoms with E-state index in [0.717, 1.165) is 89.9 Å². The summed E-state index contributed by atoms with van der Waals surface area (Å²) >= 11 is 5.72. The topological polar surface area (TPSA) is 111 Å². The summed E-state index contributed by atoms with van der Waals surface area (Å²) in [4.78, 5) is 29.8. The van der Waals surface area contributed by atoms with Crippen molar-refractivity contribution < 1.29 is 9.85 Å². The molecule has 11 nitrogen and oxygen atoms in total. The lowest BCUT2D eigenvalue weighted by molar-refractivity contribution is -0.385. The molecular weight excluding hydrogens is 510 g/mol. The first-order valence-corrected chi connectivity index (χ1v) is 13.6. The number of nitro groups is 2. The monoisotopic (exact) mass is 547 g/mol. The molecule has 0 amide bonds. The van der Waals surface area contributed by atoms with E-state index in [-0.39, 0.29) is 21.2 Å². The number of benzene rings is 2. The van der Waals surface area contributed by atoms with Crippen molar-refractivity contribution in [3.63, 3.8) is 0 Å². The van der Waals surface area contributed by atoms with Crippen LogP contribution in [0.5, 0.6) is 0 Å². The summed E-state index contributed by atoms with van der Waals surface area (Å²) in [5.41, 5.74) is 2.41. The average molecular weight is 548 g/mol. The second kappa shape index (κ2) is 15.4. The molecule has 1 N–H and O–H groups in total. The van der Waals surface area contributed by atoms with Gasteiger partial charge in [0.1, 0.15) is 0 Å². The summed E-state index contributed by atoms with van der Waals surface area (Å²) in [7, 11) is 0. The summed E-state index contributed by atoms with van der Waals surface area (Å²) in [5.74, 6) is 0.664. The van der Waals surface area contributed by atoms with Gasteiger partial charge in [-0.3, -0.25) is 30.0 Å². The predicted octanol–water partition coefficient (Wildman–Crippen LogP) is 3.28. The van der Waals surface area contributed by atoms with Crippen molar-refractivity contribution in [2.24, 2.45) is 0 Å². The number of rotatable bonds is 10. The van der Waals surface area contributed by atoms with Crippen LogP contribution in [0.15, 0.2) is 48.5 Å². The van der Waals surface area contributed by atoms with E-state index in [1.807, 2.05) is 24.3 Å². The molecule has 0 spiro atoms. The molecule has 0 atom stereocenters. The quantitative estimate of drug-likeness (QED) is 0.207. The van der Waals surface area contributed by atoms with Gasteiger partial charge in [0.2, 0.25) is 0 Å². The zero-order valence-corrected chi connectivity index (χ0v) is 22.8. The van der Waals surface area contributed by atoms with Gasteiger partial charge in [0.05, 0.1) is 9.85 Å². The van der Waals surface area contributed by atoms with Crippen LogP contribution in [0.4, 0.5) is 22.7 Å². The molecule has 2 aromatic carbocycles. The Bertz CT molecular complexity index is 994. The second-order valence-corrected chi connectivity index (χ2v) is 9.62. The molecule has 2 aliphatic rings. The maximum Gasteiger partial charge on any atom is 0.269 e. The average Bonchev–Trinajstić information content (AvgIpc) is 2.95. The molecule has 0 unspecified atom stereocenters. The van der Waals surface area contributed by atoms with E-state index in [4.69, 9.17) is 11.6 Å². The Morgan fingerprint density at radius 1 is 0.711 bits per heavy atom. The van der Waals surface area contributed by atoms with Crippen LogP contribution < -0.4 is 15.1 Å². The van der Waals surface area contributed by atoms with E-state index < -0.39 is 0 Å². The molecule has 0 bridgehead atoms. The van der Waals surface area contributed by atoms with E-state index >= 15 is 0 Å². The van der Waals surface area contributed by atoms with Crippen LogP contribution in [0.2, 0.25) is 0 Å². The van der Waals surface area contributed by atoms with Crippen LogP contribution in [0.3, 0.4) is 0 Å². The first-order valence-electron chi connectivity index (χ1n) is 13.1. The highest BCUT2D eigenvalue weighted by Gasteiger charge is 2.18. The Hall–Kier alpha value is -2.99. The highest BCUT2D eigenvalue weighted by molar-refractivity contribution is 6.18. The molecule has 208 valence electrons. The van der Waals surface area contributed by atoms with Crippen LogP contribution in [-0.4, -0.2) is 104 Å². The largest absolute Gasteiger partial charge is 0.369 e. The fourth-order valence-corrected chi connectivity index (χ4v) is 4.80. The molecule has 0 aliphatic carbocycles. The number of nitrogens with one attached hydrogen (secondary N) is 1. The van der Waals surface area contributed by atoms with Gasteiger partial charge in [-0.05, 0) is 30.8 Å². The fraction of sp³-hybridized carbons (Fsp3) is 0.538. The number of alkyl halides is 1. The standard InChI is InChI=1S/C14H22N4O2.C12H16ClN3O2/c1-2-15-7-8-16-9-11-17(12-10-16)13-3-5-14(6-4-13)18(19)20;13-5-6-14-7-9-15(10-8-14)11-1-3-12(4-2-11)16(17)18/h3-6,15H,2,7-12H2,1H3;1-4H,5-10H2. The van der Waals surface area contributed by atoms with E-state index in [2.05, 4.69) is 31.8 Å². The molecule has 0 aromatic heterocycles. The summed E-state index contributed by atoms with van der Waals surface area (Å²) in [6.45, 7) is 14.1. The zero-order valence-electron chi connectivity index (χ0n) is 22.0. The molecule has 2 heterocycles. The number of hydrogen-bond donors (Lipinski definition) is 1. The predicted molar refractivity (Wildman–Crippen MR) is 153 cm³/mol. The fourth-order valence-electron chi connectivity index (χ4n) is 4.56. The Labute approximate surface area is 229 Å². The van der Waals surface area contributed by atoms with Gasteiger partial charge in [0.15, 0.2) is 0 Å². The SMILES string of the molecule is CCNCCN1CCN(c2ccc([N+](=O)[O-])cc2)CC1.O=[N+]([O-])c1ccc(N2CCN(CCCl)CC2)cc1. The summed E-state index contributed by atoms with van der Waals surface area (Å²) in [6, 6.07) is 13.6. The molecule has 12 heteroatoms. The molecule has 2 aromatic rings. The lowest BCUT2D eigenvalue weighted by atomic mass is 10.2. The zero-order chi connectivity index (χ0) is 27.3. The van der Waals surface area contributed by atoms with E-state index in [0.29, 0.717) is 5.88 Å². The van der Waals surface area contributed by atoms with Crippen molar-refractivity contribution in [2.45, 2.75) is 6.92 Å². The highest BCUT2D eigenvalue weighted by atomic mass is 35.5. The summed E-state index contributed by atoms with van der Waals surface area (Å²) < 4.78 is 0. The van der Waals surface area contributed by atoms with Crippen molar-refractivity contribution in [1.82, 2.24) is 15.1 Å². The van der Waals surface area contributed by atoms with E-state index in [9.17, 15) is 20.2 Å². The summed E-state index contributed by atoms with van der Waals surface area (Å²) in [6.07, 6.45) is 0. The molecule has 0 radical (unpaired) electrons. The number of non-ortho nitro benzene ring substituents is 2. The van der Waals surface area contributed by atoms with Gasteiger partial charge in [-0.1, -0.05) is 6.92 Å². The second-order valence-electron chi connectivity index (χ2n) is 9.25. The molecule has 2 saturated heterocycles. The minimum Gasteiger partial charge on any atom is -0.369 e. The van der Waals surface area contributed by atoms with Gasteiger partial charge >= 0.3 is 0 Å². The van der Waals surface area contributed by atoms with Gasteiger partial charge in [0, 0.05) is 114 Å². The van der Waals surface area contributed by atoms with Crippen LogP contribution in [0, 0.1) is 20.2 Å². The highest BCUT2D eigenvalue weighted by Crippen LogP contribution is 2.21. The maximum absolute atomic E-state index is 10.6. The van der Waals surface area contributed by atoms with Gasteiger partial charge in [-0.2, -0.15) is 0 Å². The Morgan fingerprint density at radius 3 is 1.45 bits per heavy atom. The van der Waals surface area contributed by atoms with Crippen molar-refractivity contribution in [3.8, 4) is 0 Å². The molecule has 2 aliphatic heterocycles. The summed E-state index contributed by atoms with van der Waals surface area (Å²) in [5, 5.41) is 24.5. The molecular formula is C26H38ClN7O4. The lowest BCUT2D eigenvalue weighted by Crippen LogP contribution is -2.48. The number of nitro benzene ring substituents is 2. The molecule has 4 rings (SSSR count). The minimum atomic E-state index is -0.373.